The van der Waals surface area contributed by atoms with Crippen molar-refractivity contribution >= 4 is 49.3 Å². The molecule has 0 spiro atoms. The molecule has 1 aliphatic carbocycles. The topological polar surface area (TPSA) is 3.24 Å². The zero-order valence-corrected chi connectivity index (χ0v) is 30.6. The molecule has 0 radical (unpaired) electrons. The van der Waals surface area contributed by atoms with E-state index in [0.29, 0.717) is 0 Å². The van der Waals surface area contributed by atoms with Crippen LogP contribution in [-0.2, 0) is 5.41 Å². The van der Waals surface area contributed by atoms with Crippen molar-refractivity contribution in [3.05, 3.63) is 199 Å². The summed E-state index contributed by atoms with van der Waals surface area (Å²) in [5.41, 5.74) is 14.9. The summed E-state index contributed by atoms with van der Waals surface area (Å²) < 4.78 is 1.37. The van der Waals surface area contributed by atoms with Crippen molar-refractivity contribution in [2.45, 2.75) is 19.3 Å². The number of fused-ring (bicyclic) bond motifs is 6. The Morgan fingerprint density at radius 1 is 0.415 bits per heavy atom. The molecule has 1 nitrogen and oxygen atoms in total. The summed E-state index contributed by atoms with van der Waals surface area (Å²) in [4.78, 5) is 3.80. The molecule has 10 rings (SSSR count). The maximum atomic E-state index is 2.44. The van der Waals surface area contributed by atoms with Gasteiger partial charge < -0.3 is 4.90 Å². The molecular weight excluding hydrogens is 659 g/mol. The van der Waals surface area contributed by atoms with E-state index in [1.54, 1.807) is 0 Å². The van der Waals surface area contributed by atoms with Gasteiger partial charge in [-0.15, -0.1) is 11.3 Å². The molecule has 0 amide bonds. The van der Waals surface area contributed by atoms with E-state index < -0.39 is 0 Å². The summed E-state index contributed by atoms with van der Waals surface area (Å²) >= 11 is 1.93. The molecule has 2 heteroatoms. The number of benzene rings is 8. The molecule has 1 aliphatic rings. The van der Waals surface area contributed by atoms with Crippen LogP contribution in [0.4, 0.5) is 17.1 Å². The van der Waals surface area contributed by atoms with E-state index in [2.05, 4.69) is 207 Å². The number of nitrogens with zero attached hydrogens (tertiary/aromatic N) is 1. The molecule has 1 heterocycles. The highest BCUT2D eigenvalue weighted by Crippen LogP contribution is 2.56. The number of hydrogen-bond donors (Lipinski definition) is 0. The quantitative estimate of drug-likeness (QED) is 0.167. The van der Waals surface area contributed by atoms with Gasteiger partial charge in [-0.05, 0) is 121 Å². The first-order chi connectivity index (χ1) is 26.0. The molecule has 53 heavy (non-hydrogen) atoms. The number of anilines is 3. The Kier molecular flexibility index (Phi) is 7.42. The Morgan fingerprint density at radius 3 is 1.81 bits per heavy atom. The third kappa shape index (κ3) is 5.37. The Morgan fingerprint density at radius 2 is 1.00 bits per heavy atom. The van der Waals surface area contributed by atoms with Gasteiger partial charge in [0.2, 0.25) is 0 Å². The van der Waals surface area contributed by atoms with Crippen molar-refractivity contribution in [1.82, 2.24) is 0 Å². The van der Waals surface area contributed by atoms with Gasteiger partial charge in [0.15, 0.2) is 0 Å². The predicted molar refractivity (Wildman–Crippen MR) is 228 cm³/mol. The van der Waals surface area contributed by atoms with Gasteiger partial charge in [-0.3, -0.25) is 0 Å². The fourth-order valence-corrected chi connectivity index (χ4v) is 9.73. The average molecular weight is 696 g/mol. The van der Waals surface area contributed by atoms with Gasteiger partial charge in [0, 0.05) is 32.1 Å². The average Bonchev–Trinajstić information content (AvgIpc) is 3.71. The lowest BCUT2D eigenvalue weighted by Crippen LogP contribution is -2.15. The van der Waals surface area contributed by atoms with E-state index in [-0.39, 0.29) is 5.41 Å². The zero-order valence-electron chi connectivity index (χ0n) is 29.8. The molecule has 0 saturated carbocycles. The van der Waals surface area contributed by atoms with E-state index in [9.17, 15) is 0 Å². The van der Waals surface area contributed by atoms with Crippen LogP contribution in [0.2, 0.25) is 0 Å². The Hall–Kier alpha value is -6.22. The summed E-state index contributed by atoms with van der Waals surface area (Å²) in [6.07, 6.45) is 0. The molecule has 9 aromatic rings. The van der Waals surface area contributed by atoms with Gasteiger partial charge in [0.05, 0.1) is 0 Å². The minimum Gasteiger partial charge on any atom is -0.310 e. The van der Waals surface area contributed by atoms with Crippen LogP contribution in [0.3, 0.4) is 0 Å². The van der Waals surface area contributed by atoms with E-state index in [0.717, 1.165) is 17.1 Å². The highest BCUT2D eigenvalue weighted by Gasteiger charge is 2.38. The summed E-state index contributed by atoms with van der Waals surface area (Å²) in [5.74, 6) is 0. The monoisotopic (exact) mass is 695 g/mol. The summed E-state index contributed by atoms with van der Waals surface area (Å²) in [6, 6.07) is 68.8. The van der Waals surface area contributed by atoms with Crippen molar-refractivity contribution in [2.75, 3.05) is 4.90 Å². The highest BCUT2D eigenvalue weighted by atomic mass is 32.1. The second kappa shape index (κ2) is 12.5. The fraction of sp³-hybridized carbons (Fsp3) is 0.0588. The van der Waals surface area contributed by atoms with Gasteiger partial charge in [-0.2, -0.15) is 0 Å². The van der Waals surface area contributed by atoms with Crippen LogP contribution >= 0.6 is 11.3 Å². The van der Waals surface area contributed by atoms with Crippen molar-refractivity contribution in [3.8, 4) is 43.8 Å². The van der Waals surface area contributed by atoms with Crippen LogP contribution in [0.5, 0.6) is 0 Å². The fourth-order valence-electron chi connectivity index (χ4n) is 8.33. The van der Waals surface area contributed by atoms with E-state index >= 15 is 0 Å². The van der Waals surface area contributed by atoms with Crippen molar-refractivity contribution in [2.24, 2.45) is 0 Å². The summed E-state index contributed by atoms with van der Waals surface area (Å²) in [7, 11) is 0. The molecule has 0 N–H and O–H groups in total. The van der Waals surface area contributed by atoms with Crippen LogP contribution in [-0.4, -0.2) is 0 Å². The van der Waals surface area contributed by atoms with Crippen LogP contribution in [0.15, 0.2) is 188 Å². The van der Waals surface area contributed by atoms with Gasteiger partial charge in [-0.25, -0.2) is 0 Å². The molecule has 0 fully saturated rings. The van der Waals surface area contributed by atoms with Crippen molar-refractivity contribution in [1.29, 1.82) is 0 Å². The molecule has 8 aromatic carbocycles. The first-order valence-electron chi connectivity index (χ1n) is 18.3. The SMILES string of the molecule is CC1(C)c2cc(-c3cccc(-c4cccc(N(c5ccc(-c6ccccc6)cc5)c5ccc6ccccc6c5)c4)c3)ccc2-c2sc3ccccc3c21. The van der Waals surface area contributed by atoms with Gasteiger partial charge in [-0.1, -0.05) is 147 Å². The van der Waals surface area contributed by atoms with Crippen molar-refractivity contribution in [3.63, 3.8) is 0 Å². The molecule has 1 aromatic heterocycles. The normalized spacial score (nSPS) is 12.9. The molecular formula is C51H37NS. The van der Waals surface area contributed by atoms with Gasteiger partial charge >= 0.3 is 0 Å². The maximum Gasteiger partial charge on any atom is 0.0468 e. The minimum absolute atomic E-state index is 0.0578. The first-order valence-corrected chi connectivity index (χ1v) is 19.2. The minimum atomic E-state index is -0.0578. The second-order valence-corrected chi connectivity index (χ2v) is 15.7. The van der Waals surface area contributed by atoms with E-state index in [1.807, 2.05) is 11.3 Å². The van der Waals surface area contributed by atoms with Gasteiger partial charge in [0.1, 0.15) is 0 Å². The Labute approximate surface area is 315 Å². The standard InChI is InChI=1S/C51H37NS/c1-51(2)47-33-41(25-29-45(47)50-49(51)46-20-8-9-21-48(46)53-50)38-17-10-16-37(30-38)40-18-11-19-43(32-40)52(44-28-24-35-14-6-7-15-39(35)31-44)42-26-22-36(23-27-42)34-12-4-3-5-13-34/h3-33H,1-2H3. The molecule has 0 atom stereocenters. The molecule has 0 saturated heterocycles. The number of thiophene rings is 1. The predicted octanol–water partition coefficient (Wildman–Crippen LogP) is 14.8. The second-order valence-electron chi connectivity index (χ2n) is 14.6. The summed E-state index contributed by atoms with van der Waals surface area (Å²) in [5, 5.41) is 3.85. The molecule has 252 valence electrons. The van der Waals surface area contributed by atoms with Crippen LogP contribution in [0.25, 0.3) is 64.7 Å². The summed E-state index contributed by atoms with van der Waals surface area (Å²) in [6.45, 7) is 4.78. The first kappa shape index (κ1) is 31.5. The van der Waals surface area contributed by atoms with E-state index in [4.69, 9.17) is 0 Å². The lowest BCUT2D eigenvalue weighted by atomic mass is 9.80. The Bertz CT molecular complexity index is 2810. The van der Waals surface area contributed by atoms with Gasteiger partial charge in [0.25, 0.3) is 0 Å². The molecule has 0 unspecified atom stereocenters. The van der Waals surface area contributed by atoms with Crippen LogP contribution < -0.4 is 4.90 Å². The smallest absolute Gasteiger partial charge is 0.0468 e. The van der Waals surface area contributed by atoms with Crippen LogP contribution in [0, 0.1) is 0 Å². The number of hydrogen-bond acceptors (Lipinski definition) is 2. The lowest BCUT2D eigenvalue weighted by Gasteiger charge is -2.26. The number of rotatable bonds is 6. The third-order valence-corrected chi connectivity index (χ3v) is 12.2. The van der Waals surface area contributed by atoms with Crippen molar-refractivity contribution < 1.29 is 0 Å². The molecule has 0 aliphatic heterocycles. The molecule has 0 bridgehead atoms. The largest absolute Gasteiger partial charge is 0.310 e. The maximum absolute atomic E-state index is 2.44. The van der Waals surface area contributed by atoms with Crippen LogP contribution in [0.1, 0.15) is 25.0 Å². The zero-order chi connectivity index (χ0) is 35.5. The lowest BCUT2D eigenvalue weighted by molar-refractivity contribution is 0.667. The van der Waals surface area contributed by atoms with E-state index in [1.165, 1.54) is 75.8 Å². The highest BCUT2D eigenvalue weighted by molar-refractivity contribution is 7.22. The Balaban J connectivity index is 1.03. The third-order valence-electron chi connectivity index (χ3n) is 11.0.